The van der Waals surface area contributed by atoms with E-state index in [2.05, 4.69) is 0 Å². The third kappa shape index (κ3) is 1.62. The molecule has 2 nitrogen and oxygen atoms in total. The van der Waals surface area contributed by atoms with Crippen LogP contribution in [0.1, 0.15) is 40.7 Å². The fourth-order valence-electron chi connectivity index (χ4n) is 2.11. The van der Waals surface area contributed by atoms with E-state index >= 15 is 0 Å². The Morgan fingerprint density at radius 3 is 2.64 bits per heavy atom. The molecule has 0 bridgehead atoms. The minimum Gasteiger partial charge on any atom is -0.872 e. The number of ketones is 1. The van der Waals surface area contributed by atoms with E-state index in [1.54, 1.807) is 6.07 Å². The number of aryl methyl sites for hydroxylation is 1. The number of carbonyl (C=O) groups excluding carboxylic acids is 1. The zero-order valence-electron chi connectivity index (χ0n) is 8.76. The van der Waals surface area contributed by atoms with Crippen LogP contribution in [-0.2, 0) is 0 Å². The van der Waals surface area contributed by atoms with Crippen molar-refractivity contribution < 1.29 is 39.5 Å². The molecule has 3 heteroatoms. The van der Waals surface area contributed by atoms with Crippen LogP contribution < -0.4 is 34.7 Å². The van der Waals surface area contributed by atoms with Gasteiger partial charge in [0.25, 0.3) is 0 Å². The predicted octanol–water partition coefficient (Wildman–Crippen LogP) is -1.24. The molecule has 0 spiro atoms. The molecule has 0 aromatic heterocycles. The number of rotatable bonds is 0. The normalized spacial score (nSPS) is 19.0. The Hall–Kier alpha value is -0.310. The first-order valence-electron chi connectivity index (χ1n) is 4.45. The van der Waals surface area contributed by atoms with Gasteiger partial charge in [-0.1, -0.05) is 24.8 Å². The molecule has 14 heavy (non-hydrogen) atoms. The van der Waals surface area contributed by atoms with E-state index < -0.39 is 0 Å². The Balaban J connectivity index is 0.000000980. The maximum absolute atomic E-state index is 11.4. The van der Waals surface area contributed by atoms with Gasteiger partial charge in [-0.3, -0.25) is 4.79 Å². The summed E-state index contributed by atoms with van der Waals surface area (Å²) in [7, 11) is 0. The molecule has 1 aromatic carbocycles. The van der Waals surface area contributed by atoms with Gasteiger partial charge < -0.3 is 5.11 Å². The average Bonchev–Trinajstić information content (AvgIpc) is 2.36. The molecular formula is C11H11NaO2. The molecule has 0 fully saturated rings. The van der Waals surface area contributed by atoms with Gasteiger partial charge in [0, 0.05) is 12.0 Å². The fraction of sp³-hybridized carbons (Fsp3) is 0.364. The van der Waals surface area contributed by atoms with E-state index in [1.807, 2.05) is 13.8 Å². The predicted molar refractivity (Wildman–Crippen MR) is 48.0 cm³/mol. The number of fused-ring (bicyclic) bond motifs is 1. The Morgan fingerprint density at radius 2 is 2.07 bits per heavy atom. The summed E-state index contributed by atoms with van der Waals surface area (Å²) >= 11 is 0. The summed E-state index contributed by atoms with van der Waals surface area (Å²) in [6.45, 7) is 3.95. The summed E-state index contributed by atoms with van der Waals surface area (Å²) in [6.07, 6.45) is 0.495. The monoisotopic (exact) mass is 198 g/mol. The quantitative estimate of drug-likeness (QED) is 0.489. The SMILES string of the molecule is Cc1ccc([O-])c2c1C(C)CC2=O.[Na+]. The van der Waals surface area contributed by atoms with E-state index in [0.717, 1.165) is 11.1 Å². The summed E-state index contributed by atoms with van der Waals surface area (Å²) in [5.41, 5.74) is 2.47. The number of hydrogen-bond acceptors (Lipinski definition) is 2. The van der Waals surface area contributed by atoms with E-state index in [-0.39, 0.29) is 47.0 Å². The minimum absolute atomic E-state index is 0. The van der Waals surface area contributed by atoms with Crippen LogP contribution in [-0.4, -0.2) is 5.78 Å². The fourth-order valence-corrected chi connectivity index (χ4v) is 2.11. The number of Topliss-reactive ketones (excluding diaryl/α,β-unsaturated/α-hetero) is 1. The van der Waals surface area contributed by atoms with Crippen LogP contribution in [0.3, 0.4) is 0 Å². The van der Waals surface area contributed by atoms with Crippen molar-refractivity contribution in [3.8, 4) is 5.75 Å². The topological polar surface area (TPSA) is 40.1 Å². The number of hydrogen-bond donors (Lipinski definition) is 0. The van der Waals surface area contributed by atoms with Gasteiger partial charge in [0.15, 0.2) is 5.78 Å². The van der Waals surface area contributed by atoms with Crippen LogP contribution in [0.2, 0.25) is 0 Å². The van der Waals surface area contributed by atoms with Crippen molar-refractivity contribution in [2.75, 3.05) is 0 Å². The first-order chi connectivity index (χ1) is 6.11. The average molecular weight is 198 g/mol. The molecule has 1 aromatic rings. The van der Waals surface area contributed by atoms with Gasteiger partial charge in [0.05, 0.1) is 0 Å². The third-order valence-electron chi connectivity index (χ3n) is 2.69. The zero-order chi connectivity index (χ0) is 9.59. The van der Waals surface area contributed by atoms with Gasteiger partial charge in [0.1, 0.15) is 0 Å². The Labute approximate surface area is 106 Å². The van der Waals surface area contributed by atoms with Crippen molar-refractivity contribution >= 4 is 5.78 Å². The van der Waals surface area contributed by atoms with Crippen LogP contribution >= 0.6 is 0 Å². The molecule has 1 aliphatic carbocycles. The van der Waals surface area contributed by atoms with E-state index in [9.17, 15) is 9.90 Å². The molecule has 0 heterocycles. The van der Waals surface area contributed by atoms with Gasteiger partial charge in [-0.05, 0) is 24.0 Å². The Bertz CT molecular complexity index is 385. The molecule has 68 valence electrons. The molecule has 1 atom stereocenters. The molecule has 1 unspecified atom stereocenters. The van der Waals surface area contributed by atoms with Crippen molar-refractivity contribution in [1.82, 2.24) is 0 Å². The molecule has 0 saturated carbocycles. The second-order valence-corrected chi connectivity index (χ2v) is 3.70. The van der Waals surface area contributed by atoms with Crippen molar-refractivity contribution in [3.05, 3.63) is 28.8 Å². The Morgan fingerprint density at radius 1 is 1.43 bits per heavy atom. The summed E-state index contributed by atoms with van der Waals surface area (Å²) in [5, 5.41) is 11.4. The summed E-state index contributed by atoms with van der Waals surface area (Å²) in [5.74, 6) is 0.113. The maximum atomic E-state index is 11.4. The van der Waals surface area contributed by atoms with Gasteiger partial charge in [0.2, 0.25) is 0 Å². The van der Waals surface area contributed by atoms with Crippen molar-refractivity contribution in [2.24, 2.45) is 0 Å². The molecule has 0 saturated heterocycles. The number of benzene rings is 1. The Kier molecular flexibility index (Phi) is 3.40. The van der Waals surface area contributed by atoms with Crippen LogP contribution in [0.25, 0.3) is 0 Å². The first-order valence-corrected chi connectivity index (χ1v) is 4.45. The van der Waals surface area contributed by atoms with Crippen LogP contribution in [0.4, 0.5) is 0 Å². The van der Waals surface area contributed by atoms with E-state index in [0.29, 0.717) is 12.0 Å². The third-order valence-corrected chi connectivity index (χ3v) is 2.69. The second kappa shape index (κ2) is 4.05. The van der Waals surface area contributed by atoms with Crippen molar-refractivity contribution in [2.45, 2.75) is 26.2 Å². The van der Waals surface area contributed by atoms with Gasteiger partial charge in [-0.2, -0.15) is 0 Å². The molecule has 0 radical (unpaired) electrons. The summed E-state index contributed by atoms with van der Waals surface area (Å²) in [6, 6.07) is 3.29. The molecule has 0 amide bonds. The minimum atomic E-state index is -0.116. The molecule has 0 N–H and O–H groups in total. The van der Waals surface area contributed by atoms with E-state index in [4.69, 9.17) is 0 Å². The van der Waals surface area contributed by atoms with E-state index in [1.165, 1.54) is 6.07 Å². The summed E-state index contributed by atoms with van der Waals surface area (Å²) in [4.78, 5) is 11.4. The molecular weight excluding hydrogens is 187 g/mol. The van der Waals surface area contributed by atoms with Crippen LogP contribution in [0.15, 0.2) is 12.1 Å². The standard InChI is InChI=1S/C11H12O2.Na/c1-6-3-4-8(12)11-9(13)5-7(2)10(6)11;/h3-4,7,12H,5H2,1-2H3;/q;+1/p-1. The molecule has 0 aliphatic heterocycles. The van der Waals surface area contributed by atoms with Crippen molar-refractivity contribution in [1.29, 1.82) is 0 Å². The summed E-state index contributed by atoms with van der Waals surface area (Å²) < 4.78 is 0. The van der Waals surface area contributed by atoms with Gasteiger partial charge in [-0.15, -0.1) is 0 Å². The van der Waals surface area contributed by atoms with Gasteiger partial charge >= 0.3 is 29.6 Å². The van der Waals surface area contributed by atoms with Crippen LogP contribution in [0.5, 0.6) is 5.75 Å². The maximum Gasteiger partial charge on any atom is 1.00 e. The largest absolute Gasteiger partial charge is 1.00 e. The van der Waals surface area contributed by atoms with Crippen molar-refractivity contribution in [3.63, 3.8) is 0 Å². The number of carbonyl (C=O) groups is 1. The molecule has 1 aliphatic rings. The second-order valence-electron chi connectivity index (χ2n) is 3.70. The first kappa shape index (κ1) is 11.8. The van der Waals surface area contributed by atoms with Gasteiger partial charge in [-0.25, -0.2) is 0 Å². The van der Waals surface area contributed by atoms with Crippen LogP contribution in [0, 0.1) is 6.92 Å². The smallest absolute Gasteiger partial charge is 0.872 e. The molecule has 2 rings (SSSR count). The zero-order valence-corrected chi connectivity index (χ0v) is 10.8.